The molecule has 0 aromatic carbocycles. The number of hydrogen-bond acceptors (Lipinski definition) is 4. The predicted octanol–water partition coefficient (Wildman–Crippen LogP) is 2.15. The van der Waals surface area contributed by atoms with Crippen LogP contribution in [-0.4, -0.2) is 42.5 Å². The SMILES string of the molecule is CC(Br)CCN(C)c1ccnc(N(C)C)n1. The van der Waals surface area contributed by atoms with E-state index in [2.05, 4.69) is 44.8 Å². The van der Waals surface area contributed by atoms with Crippen molar-refractivity contribution in [2.45, 2.75) is 18.2 Å². The van der Waals surface area contributed by atoms with Gasteiger partial charge in [-0.3, -0.25) is 0 Å². The van der Waals surface area contributed by atoms with Crippen LogP contribution in [-0.2, 0) is 0 Å². The Bertz CT molecular complexity index is 328. The second-order valence-corrected chi connectivity index (χ2v) is 5.66. The van der Waals surface area contributed by atoms with E-state index in [1.54, 1.807) is 6.20 Å². The lowest BCUT2D eigenvalue weighted by Gasteiger charge is -2.20. The van der Waals surface area contributed by atoms with Crippen molar-refractivity contribution in [2.24, 2.45) is 0 Å². The van der Waals surface area contributed by atoms with Crippen LogP contribution in [0.15, 0.2) is 12.3 Å². The standard InChI is InChI=1S/C11H19BrN4/c1-9(12)6-8-16(4)10-5-7-13-11(14-10)15(2)3/h5,7,9H,6,8H2,1-4H3. The molecule has 0 saturated heterocycles. The zero-order chi connectivity index (χ0) is 12.1. The number of halogens is 1. The first-order valence-electron chi connectivity index (χ1n) is 5.36. The maximum atomic E-state index is 4.48. The minimum absolute atomic E-state index is 0.533. The maximum absolute atomic E-state index is 4.48. The van der Waals surface area contributed by atoms with Crippen LogP contribution >= 0.6 is 15.9 Å². The summed E-state index contributed by atoms with van der Waals surface area (Å²) in [6.07, 6.45) is 2.89. The highest BCUT2D eigenvalue weighted by atomic mass is 79.9. The molecule has 0 saturated carbocycles. The van der Waals surface area contributed by atoms with Crippen molar-refractivity contribution in [3.05, 3.63) is 12.3 Å². The van der Waals surface area contributed by atoms with E-state index in [9.17, 15) is 0 Å². The van der Waals surface area contributed by atoms with Gasteiger partial charge in [-0.1, -0.05) is 22.9 Å². The molecule has 1 aromatic rings. The maximum Gasteiger partial charge on any atom is 0.226 e. The first-order valence-corrected chi connectivity index (χ1v) is 6.28. The van der Waals surface area contributed by atoms with Gasteiger partial charge in [0, 0.05) is 38.7 Å². The van der Waals surface area contributed by atoms with Gasteiger partial charge in [0.05, 0.1) is 0 Å². The third-order valence-electron chi connectivity index (χ3n) is 2.28. The fourth-order valence-electron chi connectivity index (χ4n) is 1.25. The van der Waals surface area contributed by atoms with Crippen molar-refractivity contribution >= 4 is 27.7 Å². The monoisotopic (exact) mass is 286 g/mol. The molecule has 0 amide bonds. The van der Waals surface area contributed by atoms with Crippen LogP contribution in [0.5, 0.6) is 0 Å². The van der Waals surface area contributed by atoms with E-state index >= 15 is 0 Å². The van der Waals surface area contributed by atoms with Gasteiger partial charge < -0.3 is 9.80 Å². The molecule has 0 spiro atoms. The van der Waals surface area contributed by atoms with Crippen LogP contribution in [0.4, 0.5) is 11.8 Å². The summed E-state index contributed by atoms with van der Waals surface area (Å²) >= 11 is 3.55. The predicted molar refractivity (Wildman–Crippen MR) is 72.6 cm³/mol. The minimum atomic E-state index is 0.533. The van der Waals surface area contributed by atoms with Crippen LogP contribution < -0.4 is 9.80 Å². The molecule has 0 radical (unpaired) electrons. The molecule has 5 heteroatoms. The molecule has 0 aliphatic rings. The second-order valence-electron chi connectivity index (χ2n) is 4.10. The molecular weight excluding hydrogens is 268 g/mol. The molecule has 1 aromatic heterocycles. The van der Waals surface area contributed by atoms with Crippen molar-refractivity contribution in [3.8, 4) is 0 Å². The Morgan fingerprint density at radius 3 is 2.62 bits per heavy atom. The van der Waals surface area contributed by atoms with E-state index in [0.717, 1.165) is 24.7 Å². The Morgan fingerprint density at radius 1 is 1.38 bits per heavy atom. The van der Waals surface area contributed by atoms with E-state index in [1.165, 1.54) is 0 Å². The lowest BCUT2D eigenvalue weighted by molar-refractivity contribution is 0.776. The molecule has 1 rings (SSSR count). The van der Waals surface area contributed by atoms with Gasteiger partial charge >= 0.3 is 0 Å². The van der Waals surface area contributed by atoms with E-state index in [4.69, 9.17) is 0 Å². The van der Waals surface area contributed by atoms with Gasteiger partial charge in [0.25, 0.3) is 0 Å². The smallest absolute Gasteiger partial charge is 0.226 e. The molecule has 1 unspecified atom stereocenters. The van der Waals surface area contributed by atoms with Gasteiger partial charge in [-0.25, -0.2) is 4.98 Å². The summed E-state index contributed by atoms with van der Waals surface area (Å²) < 4.78 is 0. The summed E-state index contributed by atoms with van der Waals surface area (Å²) in [5, 5.41) is 0. The van der Waals surface area contributed by atoms with Crippen LogP contribution in [0.2, 0.25) is 0 Å². The molecule has 90 valence electrons. The highest BCUT2D eigenvalue weighted by molar-refractivity contribution is 9.09. The Morgan fingerprint density at radius 2 is 2.06 bits per heavy atom. The minimum Gasteiger partial charge on any atom is -0.359 e. The third kappa shape index (κ3) is 3.96. The third-order valence-corrected chi connectivity index (χ3v) is 2.74. The molecular formula is C11H19BrN4. The lowest BCUT2D eigenvalue weighted by Crippen LogP contribution is -2.23. The number of aromatic nitrogens is 2. The van der Waals surface area contributed by atoms with Crippen molar-refractivity contribution in [1.29, 1.82) is 0 Å². The fraction of sp³-hybridized carbons (Fsp3) is 0.636. The van der Waals surface area contributed by atoms with Crippen LogP contribution in [0.3, 0.4) is 0 Å². The van der Waals surface area contributed by atoms with Gasteiger partial charge in [-0.2, -0.15) is 4.98 Å². The average Bonchev–Trinajstić information content (AvgIpc) is 2.26. The lowest BCUT2D eigenvalue weighted by atomic mass is 10.3. The van der Waals surface area contributed by atoms with Gasteiger partial charge in [-0.05, 0) is 12.5 Å². The largest absolute Gasteiger partial charge is 0.359 e. The summed E-state index contributed by atoms with van der Waals surface area (Å²) in [6.45, 7) is 3.13. The Hall–Kier alpha value is -0.840. The fourth-order valence-corrected chi connectivity index (χ4v) is 1.46. The highest BCUT2D eigenvalue weighted by Crippen LogP contribution is 2.13. The number of nitrogens with zero attached hydrogens (tertiary/aromatic N) is 4. The second kappa shape index (κ2) is 6.03. The molecule has 0 bridgehead atoms. The topological polar surface area (TPSA) is 32.3 Å². The van der Waals surface area contributed by atoms with Crippen LogP contribution in [0, 0.1) is 0 Å². The number of hydrogen-bond donors (Lipinski definition) is 0. The van der Waals surface area contributed by atoms with E-state index in [0.29, 0.717) is 4.83 Å². The molecule has 4 nitrogen and oxygen atoms in total. The van der Waals surface area contributed by atoms with E-state index < -0.39 is 0 Å². The van der Waals surface area contributed by atoms with Crippen molar-refractivity contribution in [1.82, 2.24) is 9.97 Å². The van der Waals surface area contributed by atoms with Crippen LogP contribution in [0.1, 0.15) is 13.3 Å². The van der Waals surface area contributed by atoms with Gasteiger partial charge in [0.1, 0.15) is 5.82 Å². The Kier molecular flexibility index (Phi) is 4.99. The van der Waals surface area contributed by atoms with Gasteiger partial charge in [-0.15, -0.1) is 0 Å². The first-order chi connectivity index (χ1) is 7.50. The molecule has 0 aliphatic carbocycles. The molecule has 0 N–H and O–H groups in total. The van der Waals surface area contributed by atoms with Crippen LogP contribution in [0.25, 0.3) is 0 Å². The van der Waals surface area contributed by atoms with Gasteiger partial charge in [0.15, 0.2) is 0 Å². The van der Waals surface area contributed by atoms with Crippen molar-refractivity contribution in [2.75, 3.05) is 37.5 Å². The summed E-state index contributed by atoms with van der Waals surface area (Å²) in [4.78, 5) is 13.3. The summed E-state index contributed by atoms with van der Waals surface area (Å²) in [5.74, 6) is 1.71. The first kappa shape index (κ1) is 13.2. The summed E-state index contributed by atoms with van der Waals surface area (Å²) in [7, 11) is 5.94. The molecule has 16 heavy (non-hydrogen) atoms. The molecule has 0 fully saturated rings. The highest BCUT2D eigenvalue weighted by Gasteiger charge is 2.06. The molecule has 1 heterocycles. The van der Waals surface area contributed by atoms with E-state index in [-0.39, 0.29) is 0 Å². The number of anilines is 2. The Balaban J connectivity index is 2.68. The molecule has 0 aliphatic heterocycles. The van der Waals surface area contributed by atoms with Gasteiger partial charge in [0.2, 0.25) is 5.95 Å². The number of alkyl halides is 1. The Labute approximate surface area is 106 Å². The summed E-state index contributed by atoms with van der Waals surface area (Å²) in [6, 6.07) is 1.94. The van der Waals surface area contributed by atoms with Crippen molar-refractivity contribution < 1.29 is 0 Å². The zero-order valence-electron chi connectivity index (χ0n) is 10.3. The van der Waals surface area contributed by atoms with Crippen molar-refractivity contribution in [3.63, 3.8) is 0 Å². The zero-order valence-corrected chi connectivity index (χ0v) is 11.9. The summed E-state index contributed by atoms with van der Waals surface area (Å²) in [5.41, 5.74) is 0. The van der Waals surface area contributed by atoms with E-state index in [1.807, 2.05) is 25.1 Å². The normalized spacial score (nSPS) is 12.3. The molecule has 1 atom stereocenters. The quantitative estimate of drug-likeness (QED) is 0.777. The average molecular weight is 287 g/mol. The number of rotatable bonds is 5.